The summed E-state index contributed by atoms with van der Waals surface area (Å²) in [5.74, 6) is 0.778. The van der Waals surface area contributed by atoms with E-state index < -0.39 is 0 Å². The van der Waals surface area contributed by atoms with Crippen molar-refractivity contribution in [1.82, 2.24) is 4.98 Å². The number of nitrogens with two attached hydrogens (primary N) is 1. The number of amides is 1. The molecular formula is C13H21N3O2. The number of pyridine rings is 1. The molecule has 0 aromatic carbocycles. The van der Waals surface area contributed by atoms with Gasteiger partial charge in [0.2, 0.25) is 11.8 Å². The molecule has 0 fully saturated rings. The van der Waals surface area contributed by atoms with Crippen molar-refractivity contribution in [3.63, 3.8) is 0 Å². The molecule has 0 bridgehead atoms. The number of carbonyl (C=O) groups is 1. The molecule has 100 valence electrons. The zero-order valence-corrected chi connectivity index (χ0v) is 11.0. The summed E-state index contributed by atoms with van der Waals surface area (Å²) in [4.78, 5) is 15.8. The van der Waals surface area contributed by atoms with E-state index in [0.29, 0.717) is 37.1 Å². The highest BCUT2D eigenvalue weighted by Crippen LogP contribution is 2.20. The molecule has 1 unspecified atom stereocenters. The largest absolute Gasteiger partial charge is 0.476 e. The van der Waals surface area contributed by atoms with E-state index in [-0.39, 0.29) is 5.91 Å². The molecule has 18 heavy (non-hydrogen) atoms. The first-order chi connectivity index (χ1) is 8.67. The Morgan fingerprint density at radius 3 is 3.06 bits per heavy atom. The van der Waals surface area contributed by atoms with Crippen molar-refractivity contribution in [2.24, 2.45) is 11.7 Å². The van der Waals surface area contributed by atoms with Gasteiger partial charge in [-0.3, -0.25) is 4.79 Å². The first-order valence-electron chi connectivity index (χ1n) is 6.25. The number of ether oxygens (including phenoxy) is 1. The predicted octanol–water partition coefficient (Wildman–Crippen LogP) is 1.79. The monoisotopic (exact) mass is 251 g/mol. The van der Waals surface area contributed by atoms with Crippen molar-refractivity contribution in [2.75, 3.05) is 18.5 Å². The second-order valence-corrected chi connectivity index (χ2v) is 4.22. The number of nitrogens with zero attached hydrogens (tertiary/aromatic N) is 1. The van der Waals surface area contributed by atoms with Crippen molar-refractivity contribution in [3.8, 4) is 5.88 Å². The number of carbonyl (C=O) groups excluding carboxylic acids is 1. The van der Waals surface area contributed by atoms with Crippen LogP contribution in [0.15, 0.2) is 18.3 Å². The van der Waals surface area contributed by atoms with E-state index in [2.05, 4.69) is 10.3 Å². The van der Waals surface area contributed by atoms with Crippen LogP contribution in [0.25, 0.3) is 0 Å². The van der Waals surface area contributed by atoms with Gasteiger partial charge in [-0.25, -0.2) is 4.98 Å². The maximum Gasteiger partial charge on any atom is 0.237 e. The van der Waals surface area contributed by atoms with Crippen LogP contribution in [0.2, 0.25) is 0 Å². The van der Waals surface area contributed by atoms with E-state index in [9.17, 15) is 4.79 Å². The smallest absolute Gasteiger partial charge is 0.237 e. The van der Waals surface area contributed by atoms with Crippen LogP contribution in [0.4, 0.5) is 5.69 Å². The fourth-order valence-electron chi connectivity index (χ4n) is 1.45. The minimum Gasteiger partial charge on any atom is -0.476 e. The first kappa shape index (κ1) is 14.4. The lowest BCUT2D eigenvalue weighted by Gasteiger charge is -2.11. The maximum atomic E-state index is 11.8. The summed E-state index contributed by atoms with van der Waals surface area (Å²) in [6.45, 7) is 5.03. The van der Waals surface area contributed by atoms with Crippen LogP contribution in [0, 0.1) is 5.92 Å². The lowest BCUT2D eigenvalue weighted by Crippen LogP contribution is -2.17. The first-order valence-corrected chi connectivity index (χ1v) is 6.25. The highest BCUT2D eigenvalue weighted by molar-refractivity contribution is 5.91. The van der Waals surface area contributed by atoms with Crippen LogP contribution in [0.3, 0.4) is 0 Å². The normalized spacial score (nSPS) is 11.9. The third kappa shape index (κ3) is 4.71. The molecule has 1 amide bonds. The summed E-state index contributed by atoms with van der Waals surface area (Å²) in [5, 5.41) is 2.81. The Morgan fingerprint density at radius 2 is 2.39 bits per heavy atom. The van der Waals surface area contributed by atoms with Crippen LogP contribution < -0.4 is 15.8 Å². The molecule has 0 radical (unpaired) electrons. The highest BCUT2D eigenvalue weighted by atomic mass is 16.5. The van der Waals surface area contributed by atoms with Gasteiger partial charge in [0.1, 0.15) is 5.69 Å². The number of hydrogen-bond donors (Lipinski definition) is 2. The average molecular weight is 251 g/mol. The van der Waals surface area contributed by atoms with E-state index >= 15 is 0 Å². The van der Waals surface area contributed by atoms with Gasteiger partial charge in [0.15, 0.2) is 0 Å². The standard InChI is InChI=1S/C13H21N3O2/c1-3-18-13-11(5-4-8-15-13)16-12(17)7-6-10(2)9-14/h4-5,8,10H,3,6-7,9,14H2,1-2H3,(H,16,17). The number of aromatic nitrogens is 1. The molecule has 5 heteroatoms. The Morgan fingerprint density at radius 1 is 1.61 bits per heavy atom. The number of anilines is 1. The molecular weight excluding hydrogens is 230 g/mol. The van der Waals surface area contributed by atoms with E-state index in [0.717, 1.165) is 6.42 Å². The Kier molecular flexibility index (Phi) is 6.14. The Labute approximate surface area is 108 Å². The lowest BCUT2D eigenvalue weighted by molar-refractivity contribution is -0.116. The number of nitrogens with one attached hydrogen (secondary N) is 1. The number of rotatable bonds is 7. The fourth-order valence-corrected chi connectivity index (χ4v) is 1.45. The molecule has 1 heterocycles. The summed E-state index contributed by atoms with van der Waals surface area (Å²) in [5.41, 5.74) is 6.13. The van der Waals surface area contributed by atoms with E-state index in [4.69, 9.17) is 10.5 Å². The third-order valence-electron chi connectivity index (χ3n) is 2.59. The second kappa shape index (κ2) is 7.66. The summed E-state index contributed by atoms with van der Waals surface area (Å²) in [7, 11) is 0. The van der Waals surface area contributed by atoms with Crippen molar-refractivity contribution >= 4 is 11.6 Å². The Hall–Kier alpha value is -1.62. The van der Waals surface area contributed by atoms with Crippen LogP contribution >= 0.6 is 0 Å². The van der Waals surface area contributed by atoms with E-state index in [1.807, 2.05) is 13.8 Å². The summed E-state index contributed by atoms with van der Waals surface area (Å²) in [6.07, 6.45) is 2.88. The third-order valence-corrected chi connectivity index (χ3v) is 2.59. The molecule has 0 saturated heterocycles. The van der Waals surface area contributed by atoms with Gasteiger partial charge >= 0.3 is 0 Å². The summed E-state index contributed by atoms with van der Waals surface area (Å²) >= 11 is 0. The van der Waals surface area contributed by atoms with Crippen molar-refractivity contribution in [1.29, 1.82) is 0 Å². The lowest BCUT2D eigenvalue weighted by atomic mass is 10.1. The molecule has 0 spiro atoms. The minimum atomic E-state index is -0.0377. The molecule has 3 N–H and O–H groups in total. The van der Waals surface area contributed by atoms with Crippen molar-refractivity contribution in [3.05, 3.63) is 18.3 Å². The SMILES string of the molecule is CCOc1ncccc1NC(=O)CCC(C)CN. The quantitative estimate of drug-likeness (QED) is 0.774. The maximum absolute atomic E-state index is 11.8. The van der Waals surface area contributed by atoms with Gasteiger partial charge in [0, 0.05) is 12.6 Å². The molecule has 5 nitrogen and oxygen atoms in total. The van der Waals surface area contributed by atoms with Gasteiger partial charge in [0.25, 0.3) is 0 Å². The second-order valence-electron chi connectivity index (χ2n) is 4.22. The molecule has 1 atom stereocenters. The summed E-state index contributed by atoms with van der Waals surface area (Å²) < 4.78 is 5.34. The molecule has 0 aliphatic rings. The average Bonchev–Trinajstić information content (AvgIpc) is 2.38. The molecule has 0 aliphatic heterocycles. The number of hydrogen-bond acceptors (Lipinski definition) is 4. The topological polar surface area (TPSA) is 77.2 Å². The highest BCUT2D eigenvalue weighted by Gasteiger charge is 2.09. The molecule has 1 aromatic heterocycles. The predicted molar refractivity (Wildman–Crippen MR) is 71.5 cm³/mol. The molecule has 1 rings (SSSR count). The van der Waals surface area contributed by atoms with E-state index in [1.54, 1.807) is 18.3 Å². The minimum absolute atomic E-state index is 0.0377. The van der Waals surface area contributed by atoms with Crippen molar-refractivity contribution < 1.29 is 9.53 Å². The van der Waals surface area contributed by atoms with Crippen LogP contribution in [-0.4, -0.2) is 24.0 Å². The van der Waals surface area contributed by atoms with Gasteiger partial charge in [-0.1, -0.05) is 6.92 Å². The van der Waals surface area contributed by atoms with Crippen molar-refractivity contribution in [2.45, 2.75) is 26.7 Å². The molecule has 0 saturated carbocycles. The van der Waals surface area contributed by atoms with Crippen LogP contribution in [-0.2, 0) is 4.79 Å². The van der Waals surface area contributed by atoms with Gasteiger partial charge in [0.05, 0.1) is 6.61 Å². The molecule has 0 aliphatic carbocycles. The van der Waals surface area contributed by atoms with Gasteiger partial charge in [-0.2, -0.15) is 0 Å². The zero-order valence-electron chi connectivity index (χ0n) is 11.0. The zero-order chi connectivity index (χ0) is 13.4. The Balaban J connectivity index is 2.53. The van der Waals surface area contributed by atoms with Crippen LogP contribution in [0.1, 0.15) is 26.7 Å². The van der Waals surface area contributed by atoms with E-state index in [1.165, 1.54) is 0 Å². The van der Waals surface area contributed by atoms with Gasteiger partial charge in [-0.05, 0) is 37.9 Å². The van der Waals surface area contributed by atoms with Gasteiger partial charge in [-0.15, -0.1) is 0 Å². The van der Waals surface area contributed by atoms with Gasteiger partial charge < -0.3 is 15.8 Å². The molecule has 1 aromatic rings. The Bertz CT molecular complexity index is 382. The fraction of sp³-hybridized carbons (Fsp3) is 0.538. The van der Waals surface area contributed by atoms with Crippen LogP contribution in [0.5, 0.6) is 5.88 Å². The summed E-state index contributed by atoms with van der Waals surface area (Å²) in [6, 6.07) is 3.54.